The van der Waals surface area contributed by atoms with Crippen LogP contribution in [0.2, 0.25) is 0 Å². The van der Waals surface area contributed by atoms with Crippen molar-refractivity contribution in [2.75, 3.05) is 25.1 Å². The van der Waals surface area contributed by atoms with Gasteiger partial charge in [-0.15, -0.1) is 0 Å². The zero-order valence-electron chi connectivity index (χ0n) is 11.8. The van der Waals surface area contributed by atoms with Crippen molar-refractivity contribution in [3.63, 3.8) is 0 Å². The SMILES string of the molecule is COC(=O)c1cc(N(CC2CCCN2)C2CC2)ccn1. The van der Waals surface area contributed by atoms with E-state index in [1.807, 2.05) is 12.1 Å². The minimum Gasteiger partial charge on any atom is -0.464 e. The second kappa shape index (κ2) is 5.79. The Bertz CT molecular complexity index is 482. The zero-order valence-corrected chi connectivity index (χ0v) is 11.8. The second-order valence-corrected chi connectivity index (χ2v) is 5.57. The van der Waals surface area contributed by atoms with Crippen molar-refractivity contribution >= 4 is 11.7 Å². The third kappa shape index (κ3) is 2.93. The third-order valence-corrected chi connectivity index (χ3v) is 4.04. The Hall–Kier alpha value is -1.62. The van der Waals surface area contributed by atoms with Gasteiger partial charge in [-0.1, -0.05) is 0 Å². The molecular formula is C15H21N3O2. The van der Waals surface area contributed by atoms with Crippen LogP contribution in [0.1, 0.15) is 36.2 Å². The maximum atomic E-state index is 11.6. The molecule has 1 aliphatic carbocycles. The van der Waals surface area contributed by atoms with Gasteiger partial charge in [0.15, 0.2) is 0 Å². The van der Waals surface area contributed by atoms with E-state index in [0.29, 0.717) is 17.8 Å². The first-order valence-electron chi connectivity index (χ1n) is 7.32. The van der Waals surface area contributed by atoms with E-state index < -0.39 is 0 Å². The third-order valence-electron chi connectivity index (χ3n) is 4.04. The van der Waals surface area contributed by atoms with Crippen LogP contribution < -0.4 is 10.2 Å². The van der Waals surface area contributed by atoms with Gasteiger partial charge in [-0.25, -0.2) is 9.78 Å². The molecule has 1 unspecified atom stereocenters. The lowest BCUT2D eigenvalue weighted by Gasteiger charge is -2.28. The Morgan fingerprint density at radius 3 is 3.00 bits per heavy atom. The first kappa shape index (κ1) is 13.4. The molecule has 1 atom stereocenters. The van der Waals surface area contributed by atoms with Gasteiger partial charge in [-0.3, -0.25) is 0 Å². The van der Waals surface area contributed by atoms with Crippen molar-refractivity contribution in [2.24, 2.45) is 0 Å². The highest BCUT2D eigenvalue weighted by molar-refractivity contribution is 5.88. The monoisotopic (exact) mass is 275 g/mol. The van der Waals surface area contributed by atoms with Crippen molar-refractivity contribution in [1.29, 1.82) is 0 Å². The molecule has 0 spiro atoms. The quantitative estimate of drug-likeness (QED) is 0.827. The fourth-order valence-electron chi connectivity index (χ4n) is 2.82. The van der Waals surface area contributed by atoms with Crippen LogP contribution in [0.4, 0.5) is 5.69 Å². The molecule has 2 heterocycles. The Kier molecular flexibility index (Phi) is 3.87. The predicted octanol–water partition coefficient (Wildman–Crippen LogP) is 1.59. The standard InChI is InChI=1S/C15H21N3O2/c1-20-15(19)14-9-13(6-8-17-14)18(12-4-5-12)10-11-3-2-7-16-11/h6,8-9,11-12,16H,2-5,7,10H2,1H3. The summed E-state index contributed by atoms with van der Waals surface area (Å²) < 4.78 is 4.75. The van der Waals surface area contributed by atoms with Crippen molar-refractivity contribution in [2.45, 2.75) is 37.8 Å². The molecule has 0 bridgehead atoms. The highest BCUT2D eigenvalue weighted by Gasteiger charge is 2.31. The molecule has 1 aromatic rings. The Labute approximate surface area is 119 Å². The Morgan fingerprint density at radius 1 is 1.50 bits per heavy atom. The van der Waals surface area contributed by atoms with Gasteiger partial charge < -0.3 is 15.0 Å². The number of aromatic nitrogens is 1. The number of carbonyl (C=O) groups excluding carboxylic acids is 1. The van der Waals surface area contributed by atoms with Gasteiger partial charge in [0.1, 0.15) is 5.69 Å². The molecule has 20 heavy (non-hydrogen) atoms. The number of hydrogen-bond donors (Lipinski definition) is 1. The number of anilines is 1. The summed E-state index contributed by atoms with van der Waals surface area (Å²) in [6, 6.07) is 5.01. The molecule has 5 heteroatoms. The largest absolute Gasteiger partial charge is 0.464 e. The zero-order chi connectivity index (χ0) is 13.9. The highest BCUT2D eigenvalue weighted by Crippen LogP contribution is 2.32. The molecule has 0 aromatic carbocycles. The molecule has 5 nitrogen and oxygen atoms in total. The number of carbonyl (C=O) groups is 1. The lowest BCUT2D eigenvalue weighted by Crippen LogP contribution is -2.39. The van der Waals surface area contributed by atoms with Crippen molar-refractivity contribution in [3.05, 3.63) is 24.0 Å². The molecule has 1 saturated heterocycles. The van der Waals surface area contributed by atoms with Crippen LogP contribution in [0.25, 0.3) is 0 Å². The lowest BCUT2D eigenvalue weighted by atomic mass is 10.2. The van der Waals surface area contributed by atoms with E-state index in [2.05, 4.69) is 15.2 Å². The summed E-state index contributed by atoms with van der Waals surface area (Å²) in [5.74, 6) is -0.374. The first-order chi connectivity index (χ1) is 9.78. The Morgan fingerprint density at radius 2 is 2.35 bits per heavy atom. The minimum atomic E-state index is -0.374. The fourth-order valence-corrected chi connectivity index (χ4v) is 2.82. The van der Waals surface area contributed by atoms with Gasteiger partial charge in [0.2, 0.25) is 0 Å². The summed E-state index contributed by atoms with van der Waals surface area (Å²) in [7, 11) is 1.39. The maximum Gasteiger partial charge on any atom is 0.356 e. The smallest absolute Gasteiger partial charge is 0.356 e. The first-order valence-corrected chi connectivity index (χ1v) is 7.32. The van der Waals surface area contributed by atoms with E-state index in [-0.39, 0.29) is 5.97 Å². The maximum absolute atomic E-state index is 11.6. The van der Waals surface area contributed by atoms with Gasteiger partial charge in [0.25, 0.3) is 0 Å². The fraction of sp³-hybridized carbons (Fsp3) is 0.600. The predicted molar refractivity (Wildman–Crippen MR) is 77.0 cm³/mol. The van der Waals surface area contributed by atoms with Crippen LogP contribution in [-0.4, -0.2) is 43.2 Å². The number of esters is 1. The summed E-state index contributed by atoms with van der Waals surface area (Å²) >= 11 is 0. The van der Waals surface area contributed by atoms with Gasteiger partial charge in [0.05, 0.1) is 7.11 Å². The topological polar surface area (TPSA) is 54.5 Å². The van der Waals surface area contributed by atoms with Crippen molar-refractivity contribution in [3.8, 4) is 0 Å². The number of nitrogens with one attached hydrogen (secondary N) is 1. The van der Waals surface area contributed by atoms with Gasteiger partial charge in [0, 0.05) is 30.5 Å². The van der Waals surface area contributed by atoms with Gasteiger partial charge in [-0.2, -0.15) is 0 Å². The minimum absolute atomic E-state index is 0.374. The number of rotatable bonds is 5. The van der Waals surface area contributed by atoms with E-state index in [1.54, 1.807) is 6.20 Å². The van der Waals surface area contributed by atoms with Gasteiger partial charge in [-0.05, 0) is 44.4 Å². The van der Waals surface area contributed by atoms with Crippen LogP contribution in [0.5, 0.6) is 0 Å². The molecule has 1 aromatic heterocycles. The molecule has 108 valence electrons. The molecule has 3 rings (SSSR count). The van der Waals surface area contributed by atoms with E-state index in [9.17, 15) is 4.79 Å². The molecule has 1 aliphatic heterocycles. The van der Waals surface area contributed by atoms with E-state index in [4.69, 9.17) is 4.74 Å². The lowest BCUT2D eigenvalue weighted by molar-refractivity contribution is 0.0594. The second-order valence-electron chi connectivity index (χ2n) is 5.57. The summed E-state index contributed by atoms with van der Waals surface area (Å²) in [5, 5.41) is 3.54. The molecule has 0 radical (unpaired) electrons. The highest BCUT2D eigenvalue weighted by atomic mass is 16.5. The molecule has 2 fully saturated rings. The average molecular weight is 275 g/mol. The number of methoxy groups -OCH3 is 1. The van der Waals surface area contributed by atoms with E-state index >= 15 is 0 Å². The molecular weight excluding hydrogens is 254 g/mol. The van der Waals surface area contributed by atoms with Crippen LogP contribution >= 0.6 is 0 Å². The van der Waals surface area contributed by atoms with Crippen molar-refractivity contribution < 1.29 is 9.53 Å². The van der Waals surface area contributed by atoms with Crippen molar-refractivity contribution in [1.82, 2.24) is 10.3 Å². The molecule has 2 aliphatic rings. The van der Waals surface area contributed by atoms with Crippen LogP contribution in [-0.2, 0) is 4.74 Å². The van der Waals surface area contributed by atoms with E-state index in [1.165, 1.54) is 32.8 Å². The van der Waals surface area contributed by atoms with Crippen LogP contribution in [0.15, 0.2) is 18.3 Å². The number of ether oxygens (including phenoxy) is 1. The van der Waals surface area contributed by atoms with E-state index in [0.717, 1.165) is 18.8 Å². The van der Waals surface area contributed by atoms with Crippen LogP contribution in [0, 0.1) is 0 Å². The summed E-state index contributed by atoms with van der Waals surface area (Å²) in [5.41, 5.74) is 1.46. The summed E-state index contributed by atoms with van der Waals surface area (Å²) in [6.07, 6.45) is 6.66. The normalized spacial score (nSPS) is 21.8. The van der Waals surface area contributed by atoms with Gasteiger partial charge >= 0.3 is 5.97 Å². The molecule has 1 saturated carbocycles. The summed E-state index contributed by atoms with van der Waals surface area (Å²) in [4.78, 5) is 18.1. The molecule has 0 amide bonds. The Balaban J connectivity index is 1.78. The average Bonchev–Trinajstić information content (AvgIpc) is 3.20. The number of nitrogens with zero attached hydrogens (tertiary/aromatic N) is 2. The van der Waals surface area contributed by atoms with Crippen LogP contribution in [0.3, 0.4) is 0 Å². The summed E-state index contributed by atoms with van der Waals surface area (Å²) in [6.45, 7) is 2.13. The number of hydrogen-bond acceptors (Lipinski definition) is 5. The number of pyridine rings is 1. The molecule has 1 N–H and O–H groups in total.